The standard InChI is InChI=1S/C24H39N3O4/c1-7-9-23(28)25-19-10-11-20-21(13-19)31-16-18(4)27(12-8-2)14-17(3)22(30-6)15-26(5)24(20)29/h10-11,13,17-18,22H,7-9,12,14-16H2,1-6H3,(H,25,28)/t17-,18+,22+/m1/s1. The van der Waals surface area contributed by atoms with E-state index < -0.39 is 0 Å². The fourth-order valence-electron chi connectivity index (χ4n) is 3.97. The lowest BCUT2D eigenvalue weighted by atomic mass is 10.0. The Balaban J connectivity index is 2.38. The molecular weight excluding hydrogens is 394 g/mol. The zero-order valence-electron chi connectivity index (χ0n) is 19.9. The Morgan fingerprint density at radius 3 is 2.61 bits per heavy atom. The quantitative estimate of drug-likeness (QED) is 0.742. The van der Waals surface area contributed by atoms with Crippen molar-refractivity contribution < 1.29 is 19.1 Å². The molecular formula is C24H39N3O4. The van der Waals surface area contributed by atoms with Gasteiger partial charge in [0.05, 0.1) is 11.7 Å². The Morgan fingerprint density at radius 2 is 1.97 bits per heavy atom. The monoisotopic (exact) mass is 433 g/mol. The molecule has 0 unspecified atom stereocenters. The number of likely N-dealkylation sites (N-methyl/N-ethyl adjacent to an activating group) is 1. The van der Waals surface area contributed by atoms with Gasteiger partial charge in [-0.05, 0) is 44.4 Å². The number of hydrogen-bond acceptors (Lipinski definition) is 5. The summed E-state index contributed by atoms with van der Waals surface area (Å²) in [6.45, 7) is 11.3. The fourth-order valence-corrected chi connectivity index (χ4v) is 3.97. The van der Waals surface area contributed by atoms with E-state index in [4.69, 9.17) is 9.47 Å². The van der Waals surface area contributed by atoms with E-state index in [0.29, 0.717) is 36.6 Å². The molecule has 1 heterocycles. The van der Waals surface area contributed by atoms with E-state index in [1.807, 2.05) is 6.92 Å². The van der Waals surface area contributed by atoms with Gasteiger partial charge in [-0.2, -0.15) is 0 Å². The van der Waals surface area contributed by atoms with Crippen molar-refractivity contribution in [3.8, 4) is 5.75 Å². The molecule has 2 rings (SSSR count). The number of rotatable bonds is 6. The number of amides is 2. The maximum atomic E-state index is 13.2. The highest BCUT2D eigenvalue weighted by molar-refractivity contribution is 5.98. The van der Waals surface area contributed by atoms with Gasteiger partial charge >= 0.3 is 0 Å². The summed E-state index contributed by atoms with van der Waals surface area (Å²) in [5.41, 5.74) is 1.13. The van der Waals surface area contributed by atoms with E-state index >= 15 is 0 Å². The van der Waals surface area contributed by atoms with E-state index in [9.17, 15) is 9.59 Å². The molecule has 7 heteroatoms. The predicted octanol–water partition coefficient (Wildman–Crippen LogP) is 3.64. The van der Waals surface area contributed by atoms with Crippen LogP contribution in [0, 0.1) is 5.92 Å². The molecule has 1 aromatic carbocycles. The number of anilines is 1. The van der Waals surface area contributed by atoms with Crippen molar-refractivity contribution in [2.24, 2.45) is 5.92 Å². The lowest BCUT2D eigenvalue weighted by Crippen LogP contribution is -2.46. The van der Waals surface area contributed by atoms with Gasteiger partial charge < -0.3 is 19.7 Å². The summed E-state index contributed by atoms with van der Waals surface area (Å²) >= 11 is 0. The van der Waals surface area contributed by atoms with Gasteiger partial charge in [-0.3, -0.25) is 14.5 Å². The molecule has 0 aliphatic carbocycles. The molecule has 0 spiro atoms. The van der Waals surface area contributed by atoms with E-state index in [-0.39, 0.29) is 29.9 Å². The zero-order valence-corrected chi connectivity index (χ0v) is 19.9. The van der Waals surface area contributed by atoms with Crippen LogP contribution >= 0.6 is 0 Å². The van der Waals surface area contributed by atoms with Crippen molar-refractivity contribution in [3.63, 3.8) is 0 Å². The Hall–Kier alpha value is -2.12. The van der Waals surface area contributed by atoms with Gasteiger partial charge in [0.1, 0.15) is 12.4 Å². The molecule has 31 heavy (non-hydrogen) atoms. The van der Waals surface area contributed by atoms with Crippen LogP contribution in [0.2, 0.25) is 0 Å². The molecule has 0 radical (unpaired) electrons. The number of nitrogens with one attached hydrogen (secondary N) is 1. The second kappa shape index (κ2) is 12.1. The normalized spacial score (nSPS) is 23.4. The number of benzene rings is 1. The minimum Gasteiger partial charge on any atom is -0.491 e. The third-order valence-electron chi connectivity index (χ3n) is 5.85. The molecule has 1 aliphatic heterocycles. The van der Waals surface area contributed by atoms with Gasteiger partial charge in [-0.1, -0.05) is 20.8 Å². The number of methoxy groups -OCH3 is 1. The second-order valence-electron chi connectivity index (χ2n) is 8.60. The molecule has 0 fully saturated rings. The van der Waals surface area contributed by atoms with E-state index in [0.717, 1.165) is 25.9 Å². The second-order valence-corrected chi connectivity index (χ2v) is 8.60. The molecule has 0 saturated heterocycles. The highest BCUT2D eigenvalue weighted by Crippen LogP contribution is 2.27. The van der Waals surface area contributed by atoms with Crippen LogP contribution in [0.25, 0.3) is 0 Å². The zero-order chi connectivity index (χ0) is 23.0. The van der Waals surface area contributed by atoms with Crippen LogP contribution in [0.4, 0.5) is 5.69 Å². The smallest absolute Gasteiger partial charge is 0.257 e. The predicted molar refractivity (Wildman–Crippen MR) is 124 cm³/mol. The van der Waals surface area contributed by atoms with Crippen molar-refractivity contribution in [1.82, 2.24) is 9.80 Å². The van der Waals surface area contributed by atoms with Crippen molar-refractivity contribution in [2.75, 3.05) is 45.7 Å². The number of nitrogens with zero attached hydrogens (tertiary/aromatic N) is 2. The van der Waals surface area contributed by atoms with Crippen LogP contribution in [-0.4, -0.2) is 74.2 Å². The average molecular weight is 434 g/mol. The molecule has 1 aliphatic rings. The van der Waals surface area contributed by atoms with Crippen molar-refractivity contribution in [3.05, 3.63) is 23.8 Å². The largest absolute Gasteiger partial charge is 0.491 e. The molecule has 1 aromatic rings. The summed E-state index contributed by atoms with van der Waals surface area (Å²) in [7, 11) is 3.50. The molecule has 1 N–H and O–H groups in total. The van der Waals surface area contributed by atoms with Crippen molar-refractivity contribution in [1.29, 1.82) is 0 Å². The first-order chi connectivity index (χ1) is 14.8. The molecule has 3 atom stereocenters. The third-order valence-corrected chi connectivity index (χ3v) is 5.85. The highest BCUT2D eigenvalue weighted by atomic mass is 16.5. The lowest BCUT2D eigenvalue weighted by molar-refractivity contribution is -0.116. The minimum absolute atomic E-state index is 0.0431. The van der Waals surface area contributed by atoms with Gasteiger partial charge in [-0.15, -0.1) is 0 Å². The number of carbonyl (C=O) groups is 2. The number of carbonyl (C=O) groups excluding carboxylic acids is 2. The SMILES string of the molecule is CCCC(=O)Nc1ccc2c(c1)OC[C@H](C)N(CCC)C[C@@H](C)[C@@H](OC)CN(C)C2=O. The van der Waals surface area contributed by atoms with Crippen molar-refractivity contribution >= 4 is 17.5 Å². The summed E-state index contributed by atoms with van der Waals surface area (Å²) < 4.78 is 11.9. The summed E-state index contributed by atoms with van der Waals surface area (Å²) in [6, 6.07) is 5.43. The summed E-state index contributed by atoms with van der Waals surface area (Å²) in [5, 5.41) is 2.89. The Bertz CT molecular complexity index is 740. The Morgan fingerprint density at radius 1 is 1.23 bits per heavy atom. The fraction of sp³-hybridized carbons (Fsp3) is 0.667. The maximum Gasteiger partial charge on any atom is 0.257 e. The molecule has 7 nitrogen and oxygen atoms in total. The van der Waals surface area contributed by atoms with Gasteiger partial charge in [0, 0.05) is 51.5 Å². The van der Waals surface area contributed by atoms with Crippen molar-refractivity contribution in [2.45, 2.75) is 59.1 Å². The Kier molecular flexibility index (Phi) is 9.78. The van der Waals surface area contributed by atoms with E-state index in [2.05, 4.69) is 31.0 Å². The molecule has 0 bridgehead atoms. The van der Waals surface area contributed by atoms with Crippen LogP contribution in [0.3, 0.4) is 0 Å². The minimum atomic E-state index is -0.116. The van der Waals surface area contributed by atoms with Gasteiger partial charge in [-0.25, -0.2) is 0 Å². The lowest BCUT2D eigenvalue weighted by Gasteiger charge is -2.35. The van der Waals surface area contributed by atoms with Crippen LogP contribution in [-0.2, 0) is 9.53 Å². The Labute approximate surface area is 187 Å². The number of hydrogen-bond donors (Lipinski definition) is 1. The van der Waals surface area contributed by atoms with Crippen LogP contribution in [0.5, 0.6) is 5.75 Å². The highest BCUT2D eigenvalue weighted by Gasteiger charge is 2.28. The first-order valence-electron chi connectivity index (χ1n) is 11.4. The molecule has 174 valence electrons. The summed E-state index contributed by atoms with van der Waals surface area (Å²) in [6.07, 6.45) is 2.23. The van der Waals surface area contributed by atoms with Crippen LogP contribution in [0.1, 0.15) is 57.3 Å². The number of ether oxygens (including phenoxy) is 2. The third kappa shape index (κ3) is 6.94. The summed E-state index contributed by atoms with van der Waals surface area (Å²) in [5.74, 6) is 0.606. The first-order valence-corrected chi connectivity index (χ1v) is 11.4. The average Bonchev–Trinajstić information content (AvgIpc) is 2.74. The van der Waals surface area contributed by atoms with Crippen LogP contribution in [0.15, 0.2) is 18.2 Å². The van der Waals surface area contributed by atoms with Gasteiger partial charge in [0.15, 0.2) is 0 Å². The van der Waals surface area contributed by atoms with Crippen LogP contribution < -0.4 is 10.1 Å². The molecule has 0 saturated carbocycles. The topological polar surface area (TPSA) is 71.1 Å². The van der Waals surface area contributed by atoms with Gasteiger partial charge in [0.25, 0.3) is 5.91 Å². The number of fused-ring (bicyclic) bond motifs is 1. The molecule has 0 aromatic heterocycles. The maximum absolute atomic E-state index is 13.2. The molecule has 2 amide bonds. The van der Waals surface area contributed by atoms with E-state index in [1.165, 1.54) is 0 Å². The summed E-state index contributed by atoms with van der Waals surface area (Å²) in [4.78, 5) is 29.3. The van der Waals surface area contributed by atoms with Gasteiger partial charge in [0.2, 0.25) is 5.91 Å². The van der Waals surface area contributed by atoms with E-state index in [1.54, 1.807) is 37.3 Å². The first kappa shape index (κ1) is 25.1.